The second-order valence-electron chi connectivity index (χ2n) is 1.84. The van der Waals surface area contributed by atoms with E-state index < -0.39 is 0 Å². The Bertz CT molecular complexity index is 143. The molecule has 0 saturated carbocycles. The SMILES string of the molecule is C=[C-]C1=CC=CCC1.[Re]. The van der Waals surface area contributed by atoms with Gasteiger partial charge in [0.1, 0.15) is 0 Å². The van der Waals surface area contributed by atoms with Crippen molar-refractivity contribution in [3.63, 3.8) is 0 Å². The average Bonchev–Trinajstić information content (AvgIpc) is 1.90. The first-order chi connectivity index (χ1) is 3.93. The van der Waals surface area contributed by atoms with Gasteiger partial charge in [0.25, 0.3) is 0 Å². The first-order valence-electron chi connectivity index (χ1n) is 2.82. The van der Waals surface area contributed by atoms with Gasteiger partial charge < -0.3 is 0 Å². The molecule has 49 valence electrons. The molecular formula is C8H9Re-. The molecule has 9 heavy (non-hydrogen) atoms. The summed E-state index contributed by atoms with van der Waals surface area (Å²) in [6, 6.07) is 0. The summed E-state index contributed by atoms with van der Waals surface area (Å²) in [5.74, 6) is 0. The topological polar surface area (TPSA) is 0 Å². The Morgan fingerprint density at radius 2 is 2.33 bits per heavy atom. The zero-order chi connectivity index (χ0) is 5.82. The predicted molar refractivity (Wildman–Crippen MR) is 35.3 cm³/mol. The van der Waals surface area contributed by atoms with Crippen LogP contribution >= 0.6 is 0 Å². The van der Waals surface area contributed by atoms with Gasteiger partial charge in [0.2, 0.25) is 0 Å². The van der Waals surface area contributed by atoms with Crippen molar-refractivity contribution >= 4 is 0 Å². The van der Waals surface area contributed by atoms with Crippen LogP contribution in [0.15, 0.2) is 30.4 Å². The van der Waals surface area contributed by atoms with Gasteiger partial charge in [-0.05, 0) is 6.42 Å². The van der Waals surface area contributed by atoms with Crippen molar-refractivity contribution in [2.45, 2.75) is 12.8 Å². The van der Waals surface area contributed by atoms with Crippen molar-refractivity contribution in [1.29, 1.82) is 0 Å². The quantitative estimate of drug-likeness (QED) is 0.650. The third-order valence-corrected chi connectivity index (χ3v) is 1.24. The number of allylic oxidation sites excluding steroid dienone is 5. The van der Waals surface area contributed by atoms with Gasteiger partial charge in [-0.3, -0.25) is 6.08 Å². The van der Waals surface area contributed by atoms with Crippen LogP contribution in [0.25, 0.3) is 0 Å². The van der Waals surface area contributed by atoms with Crippen LogP contribution in [0.4, 0.5) is 0 Å². The molecule has 1 rings (SSSR count). The molecule has 0 aromatic carbocycles. The second kappa shape index (κ2) is 4.73. The van der Waals surface area contributed by atoms with Crippen LogP contribution in [-0.2, 0) is 20.4 Å². The molecule has 0 unspecified atom stereocenters. The normalized spacial score (nSPS) is 15.8. The molecule has 0 aliphatic heterocycles. The van der Waals surface area contributed by atoms with Crippen LogP contribution in [0.1, 0.15) is 12.8 Å². The van der Waals surface area contributed by atoms with E-state index in [9.17, 15) is 0 Å². The zero-order valence-corrected chi connectivity index (χ0v) is 7.95. The van der Waals surface area contributed by atoms with E-state index in [0.717, 1.165) is 12.8 Å². The summed E-state index contributed by atoms with van der Waals surface area (Å²) < 4.78 is 0. The van der Waals surface area contributed by atoms with Gasteiger partial charge in [0, 0.05) is 20.4 Å². The fourth-order valence-electron chi connectivity index (χ4n) is 0.750. The maximum Gasteiger partial charge on any atom is 0 e. The van der Waals surface area contributed by atoms with Gasteiger partial charge >= 0.3 is 0 Å². The number of hydrogen-bond donors (Lipinski definition) is 0. The van der Waals surface area contributed by atoms with Crippen LogP contribution in [0.5, 0.6) is 0 Å². The van der Waals surface area contributed by atoms with Gasteiger partial charge in [0.15, 0.2) is 0 Å². The molecule has 0 nitrogen and oxygen atoms in total. The average molecular weight is 291 g/mol. The summed E-state index contributed by atoms with van der Waals surface area (Å²) in [4.78, 5) is 0. The van der Waals surface area contributed by atoms with E-state index in [-0.39, 0.29) is 20.4 Å². The van der Waals surface area contributed by atoms with Gasteiger partial charge in [-0.1, -0.05) is 6.42 Å². The second-order valence-corrected chi connectivity index (χ2v) is 1.84. The molecule has 1 aliphatic rings. The molecular weight excluding hydrogens is 282 g/mol. The van der Waals surface area contributed by atoms with Gasteiger partial charge in [-0.2, -0.15) is 6.58 Å². The molecule has 1 radical (unpaired) electrons. The maximum absolute atomic E-state index is 3.56. The minimum Gasteiger partial charge on any atom is -0.255 e. The van der Waals surface area contributed by atoms with E-state index in [1.807, 2.05) is 0 Å². The molecule has 1 aliphatic carbocycles. The molecule has 0 N–H and O–H groups in total. The van der Waals surface area contributed by atoms with Gasteiger partial charge in [0.05, 0.1) is 0 Å². The molecule has 0 atom stereocenters. The number of hydrogen-bond acceptors (Lipinski definition) is 0. The van der Waals surface area contributed by atoms with Crippen LogP contribution in [0.3, 0.4) is 0 Å². The fraction of sp³-hybridized carbons (Fsp3) is 0.250. The Morgan fingerprint density at radius 1 is 1.56 bits per heavy atom. The third-order valence-electron chi connectivity index (χ3n) is 1.24. The van der Waals surface area contributed by atoms with Crippen molar-refractivity contribution in [2.75, 3.05) is 0 Å². The monoisotopic (exact) mass is 292 g/mol. The van der Waals surface area contributed by atoms with Crippen LogP contribution in [-0.4, -0.2) is 0 Å². The Hall–Kier alpha value is -0.118. The standard InChI is InChI=1S/C8H9.Re/c1-2-8-6-4-3-5-7-8;/h3-4,6H,1,5,7H2;/q-1;. The van der Waals surface area contributed by atoms with Crippen molar-refractivity contribution in [3.8, 4) is 0 Å². The summed E-state index contributed by atoms with van der Waals surface area (Å²) in [5, 5.41) is 0. The van der Waals surface area contributed by atoms with Crippen molar-refractivity contribution in [3.05, 3.63) is 36.5 Å². The van der Waals surface area contributed by atoms with E-state index in [1.54, 1.807) is 0 Å². The maximum atomic E-state index is 3.56. The number of rotatable bonds is 1. The summed E-state index contributed by atoms with van der Waals surface area (Å²) in [6.45, 7) is 3.56. The molecule has 0 fully saturated rings. The van der Waals surface area contributed by atoms with Crippen molar-refractivity contribution in [1.82, 2.24) is 0 Å². The molecule has 0 aromatic rings. The Kier molecular flexibility index (Phi) is 4.67. The van der Waals surface area contributed by atoms with Crippen LogP contribution in [0, 0.1) is 6.08 Å². The van der Waals surface area contributed by atoms with Gasteiger partial charge in [-0.25, -0.2) is 11.6 Å². The Labute approximate surface area is 70.0 Å². The van der Waals surface area contributed by atoms with E-state index in [1.165, 1.54) is 5.57 Å². The molecule has 0 heterocycles. The molecule has 1 heteroatoms. The van der Waals surface area contributed by atoms with Crippen molar-refractivity contribution < 1.29 is 20.4 Å². The first kappa shape index (κ1) is 8.88. The largest absolute Gasteiger partial charge is 0.255 e. The molecule has 0 amide bonds. The molecule has 0 bridgehead atoms. The van der Waals surface area contributed by atoms with Crippen LogP contribution in [0.2, 0.25) is 0 Å². The van der Waals surface area contributed by atoms with Crippen molar-refractivity contribution in [2.24, 2.45) is 0 Å². The third kappa shape index (κ3) is 2.79. The summed E-state index contributed by atoms with van der Waals surface area (Å²) in [7, 11) is 0. The minimum absolute atomic E-state index is 0. The minimum atomic E-state index is 0. The Morgan fingerprint density at radius 3 is 2.67 bits per heavy atom. The molecule has 0 spiro atoms. The van der Waals surface area contributed by atoms with E-state index in [0.29, 0.717) is 0 Å². The zero-order valence-electron chi connectivity index (χ0n) is 5.23. The molecule has 0 saturated heterocycles. The summed E-state index contributed by atoms with van der Waals surface area (Å²) >= 11 is 0. The summed E-state index contributed by atoms with van der Waals surface area (Å²) in [6.07, 6.45) is 11.4. The molecule has 0 aromatic heterocycles. The van der Waals surface area contributed by atoms with E-state index in [2.05, 4.69) is 30.9 Å². The summed E-state index contributed by atoms with van der Waals surface area (Å²) in [5.41, 5.74) is 1.23. The Balaban J connectivity index is 0.000000640. The van der Waals surface area contributed by atoms with E-state index >= 15 is 0 Å². The fourth-order valence-corrected chi connectivity index (χ4v) is 0.750. The van der Waals surface area contributed by atoms with Crippen LogP contribution < -0.4 is 0 Å². The smallest absolute Gasteiger partial charge is 0 e. The predicted octanol–water partition coefficient (Wildman–Crippen LogP) is 2.25. The van der Waals surface area contributed by atoms with Gasteiger partial charge in [-0.15, -0.1) is 12.2 Å². The first-order valence-corrected chi connectivity index (χ1v) is 2.82. The van der Waals surface area contributed by atoms with E-state index in [4.69, 9.17) is 0 Å².